The van der Waals surface area contributed by atoms with Crippen LogP contribution in [0.3, 0.4) is 0 Å². The fourth-order valence-electron chi connectivity index (χ4n) is 1.92. The zero-order valence-corrected chi connectivity index (χ0v) is 13.4. The number of amides is 1. The van der Waals surface area contributed by atoms with Gasteiger partial charge in [-0.25, -0.2) is 4.79 Å². The van der Waals surface area contributed by atoms with Crippen LogP contribution in [0.5, 0.6) is 0 Å². The normalized spacial score (nSPS) is 13.5. The Balaban J connectivity index is 2.90. The molecule has 5 heteroatoms. The monoisotopic (exact) mass is 291 g/mol. The summed E-state index contributed by atoms with van der Waals surface area (Å²) in [6, 6.07) is 9.75. The van der Waals surface area contributed by atoms with Gasteiger partial charge in [-0.15, -0.1) is 0 Å². The Kier molecular flexibility index (Phi) is 6.24. The topological polar surface area (TPSA) is 62.4 Å². The molecule has 1 atom stereocenters. The minimum absolute atomic E-state index is 0.133. The summed E-state index contributed by atoms with van der Waals surface area (Å²) in [4.78, 5) is 12.0. The van der Waals surface area contributed by atoms with Gasteiger partial charge in [0.25, 0.3) is 0 Å². The SMILES string of the molecule is CN/C=C(/NC(=O)OC(C)(C)C)C(NC)c1ccccc1. The lowest BCUT2D eigenvalue weighted by molar-refractivity contribution is 0.0541. The van der Waals surface area contributed by atoms with Gasteiger partial charge in [0.1, 0.15) is 5.60 Å². The average molecular weight is 291 g/mol. The minimum atomic E-state index is -0.531. The van der Waals surface area contributed by atoms with E-state index in [-0.39, 0.29) is 6.04 Å². The zero-order chi connectivity index (χ0) is 15.9. The van der Waals surface area contributed by atoms with Crippen molar-refractivity contribution in [2.75, 3.05) is 14.1 Å². The summed E-state index contributed by atoms with van der Waals surface area (Å²) in [5, 5.41) is 8.94. The molecular formula is C16H25N3O2. The summed E-state index contributed by atoms with van der Waals surface area (Å²) < 4.78 is 5.30. The van der Waals surface area contributed by atoms with Crippen molar-refractivity contribution >= 4 is 6.09 Å². The second-order valence-electron chi connectivity index (χ2n) is 5.65. The molecule has 0 fully saturated rings. The number of alkyl carbamates (subject to hydrolysis) is 1. The van der Waals surface area contributed by atoms with E-state index >= 15 is 0 Å². The van der Waals surface area contributed by atoms with Crippen molar-refractivity contribution in [3.05, 3.63) is 47.8 Å². The molecule has 0 aromatic heterocycles. The van der Waals surface area contributed by atoms with E-state index in [2.05, 4.69) is 16.0 Å². The number of carbonyl (C=O) groups excluding carboxylic acids is 1. The maximum absolute atomic E-state index is 12.0. The third kappa shape index (κ3) is 5.87. The maximum Gasteiger partial charge on any atom is 0.411 e. The third-order valence-electron chi connectivity index (χ3n) is 2.68. The lowest BCUT2D eigenvalue weighted by atomic mass is 10.0. The Morgan fingerprint density at radius 2 is 1.81 bits per heavy atom. The Morgan fingerprint density at radius 3 is 2.29 bits per heavy atom. The molecule has 0 aliphatic carbocycles. The summed E-state index contributed by atoms with van der Waals surface area (Å²) in [7, 11) is 3.63. The van der Waals surface area contributed by atoms with Gasteiger partial charge in [-0.3, -0.25) is 5.32 Å². The molecule has 5 nitrogen and oxygen atoms in total. The molecule has 0 bridgehead atoms. The van der Waals surface area contributed by atoms with Gasteiger partial charge in [-0.05, 0) is 33.4 Å². The summed E-state index contributed by atoms with van der Waals surface area (Å²) in [6.45, 7) is 5.50. The van der Waals surface area contributed by atoms with Crippen molar-refractivity contribution in [1.82, 2.24) is 16.0 Å². The van der Waals surface area contributed by atoms with Gasteiger partial charge in [-0.1, -0.05) is 30.3 Å². The molecule has 1 unspecified atom stereocenters. The highest BCUT2D eigenvalue weighted by Gasteiger charge is 2.21. The van der Waals surface area contributed by atoms with Crippen LogP contribution in [-0.2, 0) is 4.74 Å². The van der Waals surface area contributed by atoms with Crippen molar-refractivity contribution < 1.29 is 9.53 Å². The Morgan fingerprint density at radius 1 is 1.19 bits per heavy atom. The molecule has 1 aromatic rings. The van der Waals surface area contributed by atoms with E-state index in [4.69, 9.17) is 4.74 Å². The number of nitrogens with one attached hydrogen (secondary N) is 3. The quantitative estimate of drug-likeness (QED) is 0.780. The van der Waals surface area contributed by atoms with Crippen LogP contribution in [0, 0.1) is 0 Å². The lowest BCUT2D eigenvalue weighted by Gasteiger charge is -2.24. The molecule has 116 valence electrons. The number of carbonyl (C=O) groups is 1. The first-order valence-corrected chi connectivity index (χ1v) is 6.97. The molecular weight excluding hydrogens is 266 g/mol. The molecule has 1 amide bonds. The number of benzene rings is 1. The van der Waals surface area contributed by atoms with Crippen LogP contribution < -0.4 is 16.0 Å². The average Bonchev–Trinajstić information content (AvgIpc) is 2.38. The minimum Gasteiger partial charge on any atom is -0.444 e. The van der Waals surface area contributed by atoms with Crippen LogP contribution in [0.1, 0.15) is 32.4 Å². The van der Waals surface area contributed by atoms with Gasteiger partial charge in [0, 0.05) is 13.2 Å². The highest BCUT2D eigenvalue weighted by molar-refractivity contribution is 5.70. The second kappa shape index (κ2) is 7.69. The summed E-state index contributed by atoms with van der Waals surface area (Å²) in [5.74, 6) is 0. The van der Waals surface area contributed by atoms with E-state index in [1.54, 1.807) is 13.2 Å². The summed E-state index contributed by atoms with van der Waals surface area (Å²) >= 11 is 0. The van der Waals surface area contributed by atoms with Crippen LogP contribution in [0.25, 0.3) is 0 Å². The van der Waals surface area contributed by atoms with Gasteiger partial charge in [0.2, 0.25) is 0 Å². The molecule has 0 heterocycles. The zero-order valence-electron chi connectivity index (χ0n) is 13.4. The van der Waals surface area contributed by atoms with E-state index in [1.807, 2.05) is 58.2 Å². The first-order chi connectivity index (χ1) is 9.87. The van der Waals surface area contributed by atoms with E-state index in [1.165, 1.54) is 0 Å². The lowest BCUT2D eigenvalue weighted by Crippen LogP contribution is -2.36. The van der Waals surface area contributed by atoms with Gasteiger partial charge in [0.15, 0.2) is 0 Å². The van der Waals surface area contributed by atoms with E-state index < -0.39 is 11.7 Å². The Labute approximate surface area is 126 Å². The van der Waals surface area contributed by atoms with E-state index in [0.29, 0.717) is 5.70 Å². The van der Waals surface area contributed by atoms with Gasteiger partial charge in [-0.2, -0.15) is 0 Å². The molecule has 1 rings (SSSR count). The van der Waals surface area contributed by atoms with Crippen molar-refractivity contribution in [3.8, 4) is 0 Å². The van der Waals surface area contributed by atoms with Crippen LogP contribution in [-0.4, -0.2) is 25.8 Å². The first kappa shape index (κ1) is 17.0. The Bertz CT molecular complexity index is 478. The first-order valence-electron chi connectivity index (χ1n) is 6.97. The molecule has 0 saturated carbocycles. The molecule has 0 aliphatic rings. The number of hydrogen-bond acceptors (Lipinski definition) is 4. The van der Waals surface area contributed by atoms with Gasteiger partial charge >= 0.3 is 6.09 Å². The molecule has 0 spiro atoms. The van der Waals surface area contributed by atoms with Crippen LogP contribution in [0.15, 0.2) is 42.2 Å². The highest BCUT2D eigenvalue weighted by Crippen LogP contribution is 2.19. The maximum atomic E-state index is 12.0. The predicted molar refractivity (Wildman–Crippen MR) is 84.8 cm³/mol. The molecule has 0 radical (unpaired) electrons. The number of likely N-dealkylation sites (N-methyl/N-ethyl adjacent to an activating group) is 1. The highest BCUT2D eigenvalue weighted by atomic mass is 16.6. The van der Waals surface area contributed by atoms with Crippen LogP contribution in [0.4, 0.5) is 4.79 Å². The summed E-state index contributed by atoms with van der Waals surface area (Å²) in [5.41, 5.74) is 1.22. The van der Waals surface area contributed by atoms with Crippen molar-refractivity contribution in [2.45, 2.75) is 32.4 Å². The van der Waals surface area contributed by atoms with Crippen LogP contribution >= 0.6 is 0 Å². The molecule has 3 N–H and O–H groups in total. The third-order valence-corrected chi connectivity index (χ3v) is 2.68. The van der Waals surface area contributed by atoms with Gasteiger partial charge in [0.05, 0.1) is 11.7 Å². The standard InChI is InChI=1S/C16H25N3O2/c1-16(2,3)21-15(20)19-13(11-17-4)14(18-5)12-9-7-6-8-10-12/h6-11,14,17-18H,1-5H3,(H,19,20)/b13-11+. The Hall–Kier alpha value is -2.01. The fraction of sp³-hybridized carbons (Fsp3) is 0.438. The fourth-order valence-corrected chi connectivity index (χ4v) is 1.92. The van der Waals surface area contributed by atoms with E-state index in [9.17, 15) is 4.79 Å². The van der Waals surface area contributed by atoms with Crippen LogP contribution in [0.2, 0.25) is 0 Å². The molecule has 21 heavy (non-hydrogen) atoms. The van der Waals surface area contributed by atoms with Crippen molar-refractivity contribution in [1.29, 1.82) is 0 Å². The van der Waals surface area contributed by atoms with Crippen molar-refractivity contribution in [2.24, 2.45) is 0 Å². The molecule has 0 aliphatic heterocycles. The molecule has 0 saturated heterocycles. The predicted octanol–water partition coefficient (Wildman–Crippen LogP) is 2.53. The largest absolute Gasteiger partial charge is 0.444 e. The number of rotatable bonds is 5. The second-order valence-corrected chi connectivity index (χ2v) is 5.65. The smallest absolute Gasteiger partial charge is 0.411 e. The van der Waals surface area contributed by atoms with Gasteiger partial charge < -0.3 is 15.4 Å². The number of hydrogen-bond donors (Lipinski definition) is 3. The summed E-state index contributed by atoms with van der Waals surface area (Å²) in [6.07, 6.45) is 1.28. The number of ether oxygens (including phenoxy) is 1. The van der Waals surface area contributed by atoms with Crippen molar-refractivity contribution in [3.63, 3.8) is 0 Å². The van der Waals surface area contributed by atoms with E-state index in [0.717, 1.165) is 5.56 Å². The molecule has 1 aromatic carbocycles.